The largest absolute Gasteiger partial charge is 0.659 e. The Morgan fingerprint density at radius 2 is 2.00 bits per heavy atom. The van der Waals surface area contributed by atoms with Gasteiger partial charge in [-0.25, -0.2) is 4.52 Å². The zero-order valence-electron chi connectivity index (χ0n) is 6.60. The van der Waals surface area contributed by atoms with Crippen LogP contribution in [0.5, 0.6) is 0 Å². The van der Waals surface area contributed by atoms with E-state index in [-0.39, 0.29) is 6.79 Å². The molecule has 0 aliphatic heterocycles. The molecule has 0 spiro atoms. The van der Waals surface area contributed by atoms with E-state index in [0.717, 1.165) is 5.56 Å². The van der Waals surface area contributed by atoms with Crippen LogP contribution in [0.2, 0.25) is 0 Å². The van der Waals surface area contributed by atoms with Crippen LogP contribution in [0.15, 0.2) is 30.3 Å². The third-order valence-corrected chi connectivity index (χ3v) is 1.60. The van der Waals surface area contributed by atoms with Gasteiger partial charge >= 0.3 is 0 Å². The Balaban J connectivity index is 2.16. The summed E-state index contributed by atoms with van der Waals surface area (Å²) in [4.78, 5) is 9.92. The number of hydrogen-bond acceptors (Lipinski definition) is 3. The van der Waals surface area contributed by atoms with Gasteiger partial charge in [-0.3, -0.25) is 0 Å². The molecule has 0 aliphatic rings. The fraction of sp³-hybridized carbons (Fsp3) is 0.250. The van der Waals surface area contributed by atoms with Gasteiger partial charge in [-0.2, -0.15) is 0 Å². The molecule has 1 aromatic carbocycles. The van der Waals surface area contributed by atoms with E-state index in [1.165, 1.54) is 0 Å². The minimum Gasteiger partial charge on any atom is -0.659 e. The minimum absolute atomic E-state index is 0.105. The summed E-state index contributed by atoms with van der Waals surface area (Å²) in [6, 6.07) is 9.76. The molecule has 1 rings (SSSR count). The van der Waals surface area contributed by atoms with E-state index in [9.17, 15) is 4.89 Å². The monoisotopic (exact) mass is 186 g/mol. The summed E-state index contributed by atoms with van der Waals surface area (Å²) in [5.74, 6) is 0. The second-order valence-corrected chi connectivity index (χ2v) is 2.74. The van der Waals surface area contributed by atoms with Gasteiger partial charge in [0, 0.05) is 0 Å². The summed E-state index contributed by atoms with van der Waals surface area (Å²) in [5, 5.41) is 0. The summed E-state index contributed by atoms with van der Waals surface area (Å²) in [6.45, 7) is 0.605. The Bertz CT molecular complexity index is 203. The first-order chi connectivity index (χ1) is 5.93. The van der Waals surface area contributed by atoms with Crippen molar-refractivity contribution in [1.29, 1.82) is 0 Å². The molecule has 0 N–H and O–H groups in total. The number of ether oxygens (including phenoxy) is 1. The van der Waals surface area contributed by atoms with Gasteiger partial charge in [-0.05, 0) is 5.56 Å². The highest BCUT2D eigenvalue weighted by Gasteiger charge is 1.90. The van der Waals surface area contributed by atoms with E-state index in [1.54, 1.807) is 0 Å². The van der Waals surface area contributed by atoms with E-state index in [4.69, 9.17) is 4.74 Å². The van der Waals surface area contributed by atoms with E-state index in [1.807, 2.05) is 30.3 Å². The molecule has 1 aromatic rings. The molecule has 12 heavy (non-hydrogen) atoms. The Kier molecular flexibility index (Phi) is 4.88. The average molecular weight is 186 g/mol. The summed E-state index contributed by atoms with van der Waals surface area (Å²) < 4.78 is 9.62. The summed E-state index contributed by atoms with van der Waals surface area (Å²) >= 11 is 0. The SMILES string of the molecule is [O-][PH2+]OCOCc1ccccc1. The number of hydrogen-bond donors (Lipinski definition) is 0. The van der Waals surface area contributed by atoms with Crippen molar-refractivity contribution in [2.75, 3.05) is 6.79 Å². The first-order valence-electron chi connectivity index (χ1n) is 3.60. The van der Waals surface area contributed by atoms with Crippen molar-refractivity contribution in [3.05, 3.63) is 35.9 Å². The van der Waals surface area contributed by atoms with Crippen molar-refractivity contribution in [3.8, 4) is 0 Å². The van der Waals surface area contributed by atoms with Crippen LogP contribution in [-0.2, 0) is 15.9 Å². The molecule has 0 heterocycles. The maximum atomic E-state index is 9.92. The topological polar surface area (TPSA) is 41.5 Å². The molecule has 0 amide bonds. The molecule has 0 saturated carbocycles. The Morgan fingerprint density at radius 3 is 2.67 bits per heavy atom. The van der Waals surface area contributed by atoms with Crippen LogP contribution in [0.25, 0.3) is 0 Å². The van der Waals surface area contributed by atoms with Gasteiger partial charge in [0.25, 0.3) is 0 Å². The molecule has 4 heteroatoms. The van der Waals surface area contributed by atoms with Gasteiger partial charge in [0.2, 0.25) is 0 Å². The predicted octanol–water partition coefficient (Wildman–Crippen LogP) is 0.778. The smallest absolute Gasteiger partial charge is 0.188 e. The standard InChI is InChI=1S/C8H11O3P/c9-12-11-7-10-6-8-4-2-1-3-5-8/h1-5H,6-7,12H2. The highest BCUT2D eigenvalue weighted by atomic mass is 31.1. The molecule has 1 unspecified atom stereocenters. The van der Waals surface area contributed by atoms with Crippen molar-refractivity contribution in [3.63, 3.8) is 0 Å². The molecule has 0 aromatic heterocycles. The van der Waals surface area contributed by atoms with Crippen LogP contribution in [-0.4, -0.2) is 6.79 Å². The van der Waals surface area contributed by atoms with Gasteiger partial charge in [-0.1, -0.05) is 30.3 Å². The van der Waals surface area contributed by atoms with Gasteiger partial charge in [0.15, 0.2) is 6.79 Å². The number of rotatable bonds is 5. The lowest BCUT2D eigenvalue weighted by Gasteiger charge is -2.01. The van der Waals surface area contributed by atoms with Crippen molar-refractivity contribution in [1.82, 2.24) is 0 Å². The third-order valence-electron chi connectivity index (χ3n) is 1.33. The predicted molar refractivity (Wildman–Crippen MR) is 46.9 cm³/mol. The first kappa shape index (κ1) is 9.62. The van der Waals surface area contributed by atoms with E-state index < -0.39 is 9.03 Å². The molecule has 0 saturated heterocycles. The van der Waals surface area contributed by atoms with Crippen LogP contribution in [0.4, 0.5) is 0 Å². The van der Waals surface area contributed by atoms with Crippen LogP contribution in [0.1, 0.15) is 5.56 Å². The van der Waals surface area contributed by atoms with Crippen molar-refractivity contribution < 1.29 is 14.2 Å². The molecule has 1 atom stereocenters. The molecule has 0 fully saturated rings. The van der Waals surface area contributed by atoms with Gasteiger partial charge in [-0.15, -0.1) is 0 Å². The quantitative estimate of drug-likeness (QED) is 0.387. The third kappa shape index (κ3) is 3.79. The molecule has 3 nitrogen and oxygen atoms in total. The maximum Gasteiger partial charge on any atom is 0.188 e. The van der Waals surface area contributed by atoms with Crippen molar-refractivity contribution in [2.24, 2.45) is 0 Å². The second kappa shape index (κ2) is 6.09. The van der Waals surface area contributed by atoms with Crippen molar-refractivity contribution in [2.45, 2.75) is 6.61 Å². The van der Waals surface area contributed by atoms with Gasteiger partial charge in [0.05, 0.1) is 15.6 Å². The minimum atomic E-state index is -1.16. The van der Waals surface area contributed by atoms with E-state index >= 15 is 0 Å². The Hall–Kier alpha value is -0.470. The average Bonchev–Trinajstić information content (AvgIpc) is 2.14. The Labute approximate surface area is 73.3 Å². The Morgan fingerprint density at radius 1 is 1.25 bits per heavy atom. The van der Waals surface area contributed by atoms with Crippen molar-refractivity contribution >= 4 is 9.03 Å². The molecule has 0 aliphatic carbocycles. The molecular formula is C8H11O3P. The zero-order valence-corrected chi connectivity index (χ0v) is 7.76. The van der Waals surface area contributed by atoms with E-state index in [2.05, 4.69) is 4.52 Å². The lowest BCUT2D eigenvalue weighted by Crippen LogP contribution is -1.97. The van der Waals surface area contributed by atoms with Gasteiger partial charge < -0.3 is 9.63 Å². The molecule has 0 bridgehead atoms. The summed E-state index contributed by atoms with van der Waals surface area (Å²) in [7, 11) is -1.16. The lowest BCUT2D eigenvalue weighted by molar-refractivity contribution is -0.177. The highest BCUT2D eigenvalue weighted by molar-refractivity contribution is 7.23. The van der Waals surface area contributed by atoms with Crippen LogP contribution >= 0.6 is 9.03 Å². The van der Waals surface area contributed by atoms with Crippen LogP contribution in [0.3, 0.4) is 0 Å². The second-order valence-electron chi connectivity index (χ2n) is 2.21. The maximum absolute atomic E-state index is 9.92. The fourth-order valence-electron chi connectivity index (χ4n) is 0.810. The molecule has 66 valence electrons. The number of benzene rings is 1. The molecular weight excluding hydrogens is 175 g/mol. The lowest BCUT2D eigenvalue weighted by atomic mass is 10.2. The fourth-order valence-corrected chi connectivity index (χ4v) is 0.961. The first-order valence-corrected chi connectivity index (χ1v) is 4.54. The normalized spacial score (nSPS) is 11.1. The summed E-state index contributed by atoms with van der Waals surface area (Å²) in [6.07, 6.45) is 0. The summed E-state index contributed by atoms with van der Waals surface area (Å²) in [5.41, 5.74) is 1.09. The zero-order chi connectivity index (χ0) is 8.65. The molecule has 0 radical (unpaired) electrons. The highest BCUT2D eigenvalue weighted by Crippen LogP contribution is 2.02. The van der Waals surface area contributed by atoms with E-state index in [0.29, 0.717) is 6.61 Å². The van der Waals surface area contributed by atoms with Crippen LogP contribution in [0, 0.1) is 0 Å². The van der Waals surface area contributed by atoms with Gasteiger partial charge in [0.1, 0.15) is 0 Å². The van der Waals surface area contributed by atoms with Crippen LogP contribution < -0.4 is 4.89 Å².